The van der Waals surface area contributed by atoms with Crippen molar-refractivity contribution in [2.24, 2.45) is 5.92 Å². The molecule has 0 aromatic heterocycles. The third-order valence-corrected chi connectivity index (χ3v) is 4.31. The van der Waals surface area contributed by atoms with Gasteiger partial charge in [-0.15, -0.1) is 11.6 Å². The molecule has 17 heavy (non-hydrogen) atoms. The Morgan fingerprint density at radius 3 is 2.59 bits per heavy atom. The van der Waals surface area contributed by atoms with E-state index in [0.29, 0.717) is 5.88 Å². The van der Waals surface area contributed by atoms with Crippen molar-refractivity contribution < 1.29 is 4.74 Å². The largest absolute Gasteiger partial charge is 0.368 e. The molecule has 2 fully saturated rings. The van der Waals surface area contributed by atoms with Gasteiger partial charge in [-0.3, -0.25) is 4.90 Å². The molecule has 1 saturated carbocycles. The fourth-order valence-electron chi connectivity index (χ4n) is 3.37. The highest BCUT2D eigenvalue weighted by Crippen LogP contribution is 2.27. The molecule has 1 aliphatic heterocycles. The summed E-state index contributed by atoms with van der Waals surface area (Å²) < 4.78 is 5.97. The van der Waals surface area contributed by atoms with Gasteiger partial charge in [-0.05, 0) is 32.6 Å². The van der Waals surface area contributed by atoms with Gasteiger partial charge in [0, 0.05) is 25.5 Å². The molecule has 1 aliphatic carbocycles. The Balaban J connectivity index is 1.86. The van der Waals surface area contributed by atoms with Gasteiger partial charge in [-0.2, -0.15) is 0 Å². The van der Waals surface area contributed by atoms with Crippen LogP contribution in [0.2, 0.25) is 0 Å². The quantitative estimate of drug-likeness (QED) is 0.722. The molecular weight excluding hydrogens is 234 g/mol. The van der Waals surface area contributed by atoms with Crippen LogP contribution < -0.4 is 0 Å². The van der Waals surface area contributed by atoms with Crippen LogP contribution in [0.15, 0.2) is 0 Å². The lowest BCUT2D eigenvalue weighted by atomic mass is 9.88. The highest BCUT2D eigenvalue weighted by Gasteiger charge is 2.33. The lowest BCUT2D eigenvalue weighted by molar-refractivity contribution is -0.130. The second-order valence-corrected chi connectivity index (χ2v) is 6.66. The monoisotopic (exact) mass is 259 g/mol. The van der Waals surface area contributed by atoms with Gasteiger partial charge >= 0.3 is 0 Å². The number of halogens is 1. The van der Waals surface area contributed by atoms with Crippen molar-refractivity contribution in [3.8, 4) is 0 Å². The van der Waals surface area contributed by atoms with Crippen LogP contribution in [-0.2, 0) is 4.74 Å². The van der Waals surface area contributed by atoms with Gasteiger partial charge in [-0.25, -0.2) is 0 Å². The van der Waals surface area contributed by atoms with Crippen LogP contribution in [-0.4, -0.2) is 42.1 Å². The minimum atomic E-state index is -0.0352. The second kappa shape index (κ2) is 5.90. The van der Waals surface area contributed by atoms with E-state index in [1.165, 1.54) is 38.6 Å². The Bertz CT molecular complexity index is 238. The molecule has 3 heteroatoms. The minimum absolute atomic E-state index is 0.0352. The van der Waals surface area contributed by atoms with Crippen molar-refractivity contribution in [1.29, 1.82) is 0 Å². The summed E-state index contributed by atoms with van der Waals surface area (Å²) in [6.45, 7) is 7.68. The van der Waals surface area contributed by atoms with Crippen molar-refractivity contribution in [2.45, 2.75) is 57.7 Å². The van der Waals surface area contributed by atoms with Crippen LogP contribution in [0.4, 0.5) is 0 Å². The first-order valence-corrected chi connectivity index (χ1v) is 7.59. The van der Waals surface area contributed by atoms with Crippen molar-refractivity contribution in [3.63, 3.8) is 0 Å². The van der Waals surface area contributed by atoms with E-state index in [4.69, 9.17) is 16.3 Å². The lowest BCUT2D eigenvalue weighted by Gasteiger charge is -2.43. The van der Waals surface area contributed by atoms with Crippen molar-refractivity contribution in [2.75, 3.05) is 25.5 Å². The topological polar surface area (TPSA) is 12.5 Å². The Morgan fingerprint density at radius 1 is 1.24 bits per heavy atom. The Morgan fingerprint density at radius 2 is 1.94 bits per heavy atom. The highest BCUT2D eigenvalue weighted by molar-refractivity contribution is 6.18. The first kappa shape index (κ1) is 13.6. The maximum absolute atomic E-state index is 5.97. The van der Waals surface area contributed by atoms with E-state index in [9.17, 15) is 0 Å². The molecular formula is C14H26ClNO. The summed E-state index contributed by atoms with van der Waals surface area (Å²) in [4.78, 5) is 2.58. The molecule has 1 unspecified atom stereocenters. The van der Waals surface area contributed by atoms with Crippen molar-refractivity contribution in [3.05, 3.63) is 0 Å². The summed E-state index contributed by atoms with van der Waals surface area (Å²) in [5.74, 6) is 1.53. The zero-order valence-electron chi connectivity index (χ0n) is 11.3. The smallest absolute Gasteiger partial charge is 0.0844 e. The summed E-state index contributed by atoms with van der Waals surface area (Å²) >= 11 is 5.96. The van der Waals surface area contributed by atoms with Gasteiger partial charge in [0.25, 0.3) is 0 Å². The van der Waals surface area contributed by atoms with Crippen LogP contribution in [0.1, 0.15) is 46.0 Å². The van der Waals surface area contributed by atoms with Crippen LogP contribution in [0.25, 0.3) is 0 Å². The fraction of sp³-hybridized carbons (Fsp3) is 1.00. The van der Waals surface area contributed by atoms with E-state index in [0.717, 1.165) is 19.0 Å². The fourth-order valence-corrected chi connectivity index (χ4v) is 3.53. The Hall–Kier alpha value is 0.210. The molecule has 2 rings (SSSR count). The molecule has 0 radical (unpaired) electrons. The standard InChI is InChI=1S/C14H26ClNO/c1-14(2)11-16(10-13(8-15)17-14)9-12-6-4-3-5-7-12/h12-13H,3-11H2,1-2H3. The predicted octanol–water partition coefficient (Wildman–Crippen LogP) is 3.28. The first-order chi connectivity index (χ1) is 8.09. The van der Waals surface area contributed by atoms with E-state index < -0.39 is 0 Å². The van der Waals surface area contributed by atoms with Gasteiger partial charge in [0.15, 0.2) is 0 Å². The van der Waals surface area contributed by atoms with Crippen LogP contribution in [0.3, 0.4) is 0 Å². The zero-order chi connectivity index (χ0) is 12.3. The molecule has 0 spiro atoms. The molecule has 1 heterocycles. The van der Waals surface area contributed by atoms with Gasteiger partial charge in [0.1, 0.15) is 0 Å². The number of ether oxygens (including phenoxy) is 1. The van der Waals surface area contributed by atoms with Crippen molar-refractivity contribution >= 4 is 11.6 Å². The molecule has 1 saturated heterocycles. The van der Waals surface area contributed by atoms with Crippen LogP contribution in [0, 0.1) is 5.92 Å². The van der Waals surface area contributed by atoms with Crippen LogP contribution >= 0.6 is 11.6 Å². The summed E-state index contributed by atoms with van der Waals surface area (Å²) in [7, 11) is 0. The van der Waals surface area contributed by atoms with Gasteiger partial charge in [0.05, 0.1) is 11.7 Å². The van der Waals surface area contributed by atoms with E-state index in [1.54, 1.807) is 0 Å². The molecule has 0 N–H and O–H groups in total. The maximum Gasteiger partial charge on any atom is 0.0844 e. The average molecular weight is 260 g/mol. The third-order valence-electron chi connectivity index (χ3n) is 3.97. The molecule has 0 amide bonds. The number of hydrogen-bond donors (Lipinski definition) is 0. The molecule has 100 valence electrons. The SMILES string of the molecule is CC1(C)CN(CC2CCCCC2)CC(CCl)O1. The summed E-state index contributed by atoms with van der Waals surface area (Å²) in [5, 5.41) is 0. The molecule has 1 atom stereocenters. The molecule has 0 aromatic rings. The number of rotatable bonds is 3. The Labute approximate surface area is 111 Å². The maximum atomic E-state index is 5.97. The lowest BCUT2D eigenvalue weighted by Crippen LogP contribution is -2.54. The van der Waals surface area contributed by atoms with Crippen molar-refractivity contribution in [1.82, 2.24) is 4.90 Å². The van der Waals surface area contributed by atoms with Crippen LogP contribution in [0.5, 0.6) is 0 Å². The van der Waals surface area contributed by atoms with E-state index >= 15 is 0 Å². The summed E-state index contributed by atoms with van der Waals surface area (Å²) in [6, 6.07) is 0. The summed E-state index contributed by atoms with van der Waals surface area (Å²) in [6.07, 6.45) is 7.35. The van der Waals surface area contributed by atoms with Gasteiger partial charge < -0.3 is 4.74 Å². The number of morpholine rings is 1. The zero-order valence-corrected chi connectivity index (χ0v) is 12.0. The Kier molecular flexibility index (Phi) is 4.73. The summed E-state index contributed by atoms with van der Waals surface area (Å²) in [5.41, 5.74) is -0.0352. The molecule has 0 aromatic carbocycles. The number of hydrogen-bond acceptors (Lipinski definition) is 2. The molecule has 2 nitrogen and oxygen atoms in total. The van der Waals surface area contributed by atoms with Gasteiger partial charge in [0.2, 0.25) is 0 Å². The highest BCUT2D eigenvalue weighted by atomic mass is 35.5. The van der Waals surface area contributed by atoms with Gasteiger partial charge in [-0.1, -0.05) is 19.3 Å². The normalized spacial score (nSPS) is 31.6. The third kappa shape index (κ3) is 4.11. The molecule has 0 bridgehead atoms. The predicted molar refractivity (Wildman–Crippen MR) is 72.7 cm³/mol. The van der Waals surface area contributed by atoms with E-state index in [-0.39, 0.29) is 11.7 Å². The molecule has 2 aliphatic rings. The van der Waals surface area contributed by atoms with E-state index in [1.807, 2.05) is 0 Å². The second-order valence-electron chi connectivity index (χ2n) is 6.35. The first-order valence-electron chi connectivity index (χ1n) is 7.05. The number of nitrogens with zero attached hydrogens (tertiary/aromatic N) is 1. The minimum Gasteiger partial charge on any atom is -0.368 e. The van der Waals surface area contributed by atoms with E-state index in [2.05, 4.69) is 18.7 Å². The number of alkyl halides is 1. The average Bonchev–Trinajstić information content (AvgIpc) is 2.28.